The van der Waals surface area contributed by atoms with Gasteiger partial charge in [-0.05, 0) is 18.9 Å². The van der Waals surface area contributed by atoms with Crippen molar-refractivity contribution in [1.82, 2.24) is 9.88 Å². The Morgan fingerprint density at radius 2 is 2.28 bits per heavy atom. The van der Waals surface area contributed by atoms with E-state index in [0.29, 0.717) is 23.7 Å². The van der Waals surface area contributed by atoms with Gasteiger partial charge in [0.05, 0.1) is 16.5 Å². The number of pyridine rings is 1. The zero-order valence-electron chi connectivity index (χ0n) is 9.80. The normalized spacial score (nSPS) is 19.6. The van der Waals surface area contributed by atoms with Crippen LogP contribution >= 0.6 is 11.6 Å². The second kappa shape index (κ2) is 5.35. The SMILES string of the molecule is NC(=O)C1CCCN(C(=O)c2cnccc2Cl)C1. The predicted molar refractivity (Wildman–Crippen MR) is 67.1 cm³/mol. The van der Waals surface area contributed by atoms with E-state index < -0.39 is 0 Å². The molecular formula is C12H14ClN3O2. The zero-order valence-corrected chi connectivity index (χ0v) is 10.6. The van der Waals surface area contributed by atoms with Crippen molar-refractivity contribution in [2.24, 2.45) is 11.7 Å². The Labute approximate surface area is 110 Å². The first kappa shape index (κ1) is 12.8. The van der Waals surface area contributed by atoms with Crippen molar-refractivity contribution < 1.29 is 9.59 Å². The maximum atomic E-state index is 12.2. The van der Waals surface area contributed by atoms with Crippen molar-refractivity contribution in [3.8, 4) is 0 Å². The summed E-state index contributed by atoms with van der Waals surface area (Å²) < 4.78 is 0. The van der Waals surface area contributed by atoms with Crippen LogP contribution in [-0.2, 0) is 4.79 Å². The second-order valence-corrected chi connectivity index (χ2v) is 4.76. The van der Waals surface area contributed by atoms with Crippen LogP contribution in [-0.4, -0.2) is 34.8 Å². The molecule has 0 radical (unpaired) electrons. The van der Waals surface area contributed by atoms with Crippen LogP contribution in [0.4, 0.5) is 0 Å². The maximum Gasteiger partial charge on any atom is 0.256 e. The van der Waals surface area contributed by atoms with E-state index in [9.17, 15) is 9.59 Å². The highest BCUT2D eigenvalue weighted by atomic mass is 35.5. The van der Waals surface area contributed by atoms with Crippen LogP contribution in [0.15, 0.2) is 18.5 Å². The molecule has 1 fully saturated rings. The topological polar surface area (TPSA) is 76.3 Å². The second-order valence-electron chi connectivity index (χ2n) is 4.35. The molecule has 1 saturated heterocycles. The molecule has 2 amide bonds. The van der Waals surface area contributed by atoms with E-state index in [1.54, 1.807) is 11.0 Å². The third-order valence-electron chi connectivity index (χ3n) is 3.11. The van der Waals surface area contributed by atoms with Crippen molar-refractivity contribution in [2.75, 3.05) is 13.1 Å². The molecule has 2 N–H and O–H groups in total. The molecule has 0 saturated carbocycles. The number of amides is 2. The van der Waals surface area contributed by atoms with Gasteiger partial charge in [-0.25, -0.2) is 0 Å². The Hall–Kier alpha value is -1.62. The number of likely N-dealkylation sites (tertiary alicyclic amines) is 1. The van der Waals surface area contributed by atoms with E-state index >= 15 is 0 Å². The Morgan fingerprint density at radius 3 is 2.94 bits per heavy atom. The summed E-state index contributed by atoms with van der Waals surface area (Å²) in [7, 11) is 0. The standard InChI is InChI=1S/C12H14ClN3O2/c13-10-3-4-15-6-9(10)12(18)16-5-1-2-8(7-16)11(14)17/h3-4,6,8H,1-2,5,7H2,(H2,14,17). The quantitative estimate of drug-likeness (QED) is 0.871. The molecule has 1 aromatic rings. The monoisotopic (exact) mass is 267 g/mol. The van der Waals surface area contributed by atoms with Gasteiger partial charge in [-0.2, -0.15) is 0 Å². The lowest BCUT2D eigenvalue weighted by Gasteiger charge is -2.31. The van der Waals surface area contributed by atoms with Crippen LogP contribution in [0.25, 0.3) is 0 Å². The lowest BCUT2D eigenvalue weighted by atomic mass is 9.97. The van der Waals surface area contributed by atoms with Gasteiger partial charge in [-0.1, -0.05) is 11.6 Å². The van der Waals surface area contributed by atoms with Crippen molar-refractivity contribution in [3.05, 3.63) is 29.0 Å². The number of nitrogens with zero attached hydrogens (tertiary/aromatic N) is 2. The van der Waals surface area contributed by atoms with Gasteiger partial charge in [0.2, 0.25) is 5.91 Å². The average molecular weight is 268 g/mol. The molecule has 6 heteroatoms. The molecule has 0 spiro atoms. The highest BCUT2D eigenvalue weighted by Crippen LogP contribution is 2.21. The van der Waals surface area contributed by atoms with E-state index in [-0.39, 0.29) is 17.7 Å². The summed E-state index contributed by atoms with van der Waals surface area (Å²) in [4.78, 5) is 28.9. The summed E-state index contributed by atoms with van der Waals surface area (Å²) in [6.07, 6.45) is 4.48. The fourth-order valence-corrected chi connectivity index (χ4v) is 2.29. The van der Waals surface area contributed by atoms with Gasteiger partial charge in [-0.15, -0.1) is 0 Å². The van der Waals surface area contributed by atoms with Gasteiger partial charge < -0.3 is 10.6 Å². The van der Waals surface area contributed by atoms with Crippen molar-refractivity contribution in [1.29, 1.82) is 0 Å². The molecule has 96 valence electrons. The van der Waals surface area contributed by atoms with Gasteiger partial charge >= 0.3 is 0 Å². The lowest BCUT2D eigenvalue weighted by molar-refractivity contribution is -0.123. The molecule has 1 atom stereocenters. The van der Waals surface area contributed by atoms with Gasteiger partial charge in [0.1, 0.15) is 0 Å². The minimum atomic E-state index is -0.357. The minimum absolute atomic E-state index is 0.195. The van der Waals surface area contributed by atoms with Gasteiger partial charge in [-0.3, -0.25) is 14.6 Å². The number of aromatic nitrogens is 1. The Balaban J connectivity index is 2.14. The van der Waals surface area contributed by atoms with E-state index in [4.69, 9.17) is 17.3 Å². The summed E-state index contributed by atoms with van der Waals surface area (Å²) in [6, 6.07) is 1.57. The van der Waals surface area contributed by atoms with Crippen LogP contribution in [0.5, 0.6) is 0 Å². The lowest BCUT2D eigenvalue weighted by Crippen LogP contribution is -2.44. The minimum Gasteiger partial charge on any atom is -0.369 e. The number of rotatable bonds is 2. The highest BCUT2D eigenvalue weighted by molar-refractivity contribution is 6.33. The summed E-state index contributed by atoms with van der Waals surface area (Å²) in [5.41, 5.74) is 5.65. The number of carbonyl (C=O) groups excluding carboxylic acids is 2. The largest absolute Gasteiger partial charge is 0.369 e. The predicted octanol–water partition coefficient (Wildman–Crippen LogP) is 1.07. The Bertz CT molecular complexity index is 478. The number of halogens is 1. The van der Waals surface area contributed by atoms with E-state index in [2.05, 4.69) is 4.98 Å². The number of hydrogen-bond donors (Lipinski definition) is 1. The number of primary amides is 1. The molecule has 1 aliphatic heterocycles. The number of nitrogens with two attached hydrogens (primary N) is 1. The van der Waals surface area contributed by atoms with E-state index in [1.165, 1.54) is 12.4 Å². The molecular weight excluding hydrogens is 254 g/mol. The molecule has 2 heterocycles. The number of carbonyl (C=O) groups is 2. The summed E-state index contributed by atoms with van der Waals surface area (Å²) in [5.74, 6) is -0.818. The summed E-state index contributed by atoms with van der Waals surface area (Å²) in [6.45, 7) is 0.979. The molecule has 2 rings (SSSR count). The molecule has 18 heavy (non-hydrogen) atoms. The van der Waals surface area contributed by atoms with Crippen LogP contribution in [0.1, 0.15) is 23.2 Å². The van der Waals surface area contributed by atoms with E-state index in [0.717, 1.165) is 12.8 Å². The Morgan fingerprint density at radius 1 is 1.50 bits per heavy atom. The summed E-state index contributed by atoms with van der Waals surface area (Å²) in [5, 5.41) is 0.371. The molecule has 0 bridgehead atoms. The number of hydrogen-bond acceptors (Lipinski definition) is 3. The zero-order chi connectivity index (χ0) is 13.1. The molecule has 1 unspecified atom stereocenters. The Kier molecular flexibility index (Phi) is 3.81. The van der Waals surface area contributed by atoms with Crippen molar-refractivity contribution in [3.63, 3.8) is 0 Å². The van der Waals surface area contributed by atoms with Gasteiger partial charge in [0.15, 0.2) is 0 Å². The van der Waals surface area contributed by atoms with Crippen LogP contribution in [0.2, 0.25) is 5.02 Å². The third kappa shape index (κ3) is 2.61. The van der Waals surface area contributed by atoms with Crippen LogP contribution in [0, 0.1) is 5.92 Å². The average Bonchev–Trinajstić information content (AvgIpc) is 2.38. The third-order valence-corrected chi connectivity index (χ3v) is 3.44. The smallest absolute Gasteiger partial charge is 0.256 e. The highest BCUT2D eigenvalue weighted by Gasteiger charge is 2.28. The van der Waals surface area contributed by atoms with Crippen LogP contribution < -0.4 is 5.73 Å². The summed E-state index contributed by atoms with van der Waals surface area (Å²) >= 11 is 5.96. The van der Waals surface area contributed by atoms with E-state index in [1.807, 2.05) is 0 Å². The maximum absolute atomic E-state index is 12.2. The molecule has 1 aromatic heterocycles. The van der Waals surface area contributed by atoms with Crippen molar-refractivity contribution >= 4 is 23.4 Å². The molecule has 0 aliphatic carbocycles. The number of piperidine rings is 1. The van der Waals surface area contributed by atoms with Crippen molar-refractivity contribution in [2.45, 2.75) is 12.8 Å². The first-order valence-electron chi connectivity index (χ1n) is 5.77. The fourth-order valence-electron chi connectivity index (χ4n) is 2.10. The van der Waals surface area contributed by atoms with Gasteiger partial charge in [0.25, 0.3) is 5.91 Å². The first-order valence-corrected chi connectivity index (χ1v) is 6.15. The van der Waals surface area contributed by atoms with Gasteiger partial charge in [0, 0.05) is 25.5 Å². The fraction of sp³-hybridized carbons (Fsp3) is 0.417. The molecule has 0 aromatic carbocycles. The first-order chi connectivity index (χ1) is 8.59. The molecule has 1 aliphatic rings. The van der Waals surface area contributed by atoms with Crippen LogP contribution in [0.3, 0.4) is 0 Å². The molecule has 5 nitrogen and oxygen atoms in total.